The summed E-state index contributed by atoms with van der Waals surface area (Å²) in [6, 6.07) is 14.2. The molecule has 0 saturated heterocycles. The molecule has 0 spiro atoms. The average molecular weight is 339 g/mol. The van der Waals surface area contributed by atoms with E-state index in [1.54, 1.807) is 0 Å². The second-order valence-corrected chi connectivity index (χ2v) is 6.64. The molecule has 0 saturated carbocycles. The lowest BCUT2D eigenvalue weighted by atomic mass is 9.99. The Hall–Kier alpha value is -2.29. The van der Waals surface area contributed by atoms with Crippen molar-refractivity contribution < 1.29 is 9.53 Å². The highest BCUT2D eigenvalue weighted by Gasteiger charge is 2.22. The third-order valence-corrected chi connectivity index (χ3v) is 4.62. The molecule has 0 unspecified atom stereocenters. The van der Waals surface area contributed by atoms with Crippen LogP contribution in [0.25, 0.3) is 0 Å². The normalized spacial score (nSPS) is 13.2. The molecule has 0 aliphatic rings. The van der Waals surface area contributed by atoms with Gasteiger partial charge in [-0.05, 0) is 62.4 Å². The first-order chi connectivity index (χ1) is 11.9. The summed E-state index contributed by atoms with van der Waals surface area (Å²) in [5.41, 5.74) is 4.82. The minimum atomic E-state index is -0.483. The van der Waals surface area contributed by atoms with Gasteiger partial charge in [0.25, 0.3) is 5.91 Å². The standard InChI is InChI=1S/C22H29NO2/c1-6-20(18-11-10-16(4)17(5)14-18)23-22(24)21(7-2)25-19-12-8-15(3)9-13-19/h8-14,20-21H,6-7H2,1-5H3,(H,23,24)/t20-,21+/m0/s1. The van der Waals surface area contributed by atoms with Crippen molar-refractivity contribution in [2.75, 3.05) is 0 Å². The van der Waals surface area contributed by atoms with E-state index in [2.05, 4.69) is 44.3 Å². The molecular weight excluding hydrogens is 310 g/mol. The summed E-state index contributed by atoms with van der Waals surface area (Å²) in [6.07, 6.45) is 0.987. The van der Waals surface area contributed by atoms with Crippen molar-refractivity contribution >= 4 is 5.91 Å². The van der Waals surface area contributed by atoms with Crippen molar-refractivity contribution in [1.29, 1.82) is 0 Å². The second kappa shape index (κ2) is 8.70. The molecule has 3 heteroatoms. The molecule has 1 N–H and O–H groups in total. The van der Waals surface area contributed by atoms with Gasteiger partial charge < -0.3 is 10.1 Å². The molecule has 0 aromatic heterocycles. The first-order valence-electron chi connectivity index (χ1n) is 9.05. The van der Waals surface area contributed by atoms with Gasteiger partial charge in [0.1, 0.15) is 5.75 Å². The molecule has 1 amide bonds. The van der Waals surface area contributed by atoms with Gasteiger partial charge in [0, 0.05) is 0 Å². The first-order valence-corrected chi connectivity index (χ1v) is 9.05. The van der Waals surface area contributed by atoms with Crippen LogP contribution in [0.5, 0.6) is 5.75 Å². The van der Waals surface area contributed by atoms with Crippen LogP contribution in [0.3, 0.4) is 0 Å². The number of hydrogen-bond donors (Lipinski definition) is 1. The lowest BCUT2D eigenvalue weighted by Gasteiger charge is -2.23. The highest BCUT2D eigenvalue weighted by molar-refractivity contribution is 5.81. The van der Waals surface area contributed by atoms with E-state index in [0.717, 1.165) is 17.7 Å². The zero-order valence-electron chi connectivity index (χ0n) is 15.9. The van der Waals surface area contributed by atoms with Crippen LogP contribution >= 0.6 is 0 Å². The van der Waals surface area contributed by atoms with Crippen LogP contribution in [0, 0.1) is 20.8 Å². The lowest BCUT2D eigenvalue weighted by molar-refractivity contribution is -0.128. The Balaban J connectivity index is 2.08. The molecule has 0 heterocycles. The fraction of sp³-hybridized carbons (Fsp3) is 0.409. The van der Waals surface area contributed by atoms with E-state index in [1.807, 2.05) is 38.1 Å². The maximum Gasteiger partial charge on any atom is 0.261 e. The van der Waals surface area contributed by atoms with Gasteiger partial charge in [-0.1, -0.05) is 49.7 Å². The Morgan fingerprint density at radius 2 is 1.64 bits per heavy atom. The summed E-state index contributed by atoms with van der Waals surface area (Å²) >= 11 is 0. The molecule has 0 bridgehead atoms. The number of rotatable bonds is 7. The number of ether oxygens (including phenoxy) is 1. The SMILES string of the molecule is CC[C@H](NC(=O)[C@@H](CC)Oc1ccc(C)cc1)c1ccc(C)c(C)c1. The monoisotopic (exact) mass is 339 g/mol. The Kier molecular flexibility index (Phi) is 6.63. The lowest BCUT2D eigenvalue weighted by Crippen LogP contribution is -2.40. The summed E-state index contributed by atoms with van der Waals surface area (Å²) in [7, 11) is 0. The molecular formula is C22H29NO2. The first kappa shape index (κ1) is 19.0. The highest BCUT2D eigenvalue weighted by Crippen LogP contribution is 2.21. The summed E-state index contributed by atoms with van der Waals surface area (Å²) in [6.45, 7) is 10.3. The van der Waals surface area contributed by atoms with Gasteiger partial charge in [-0.3, -0.25) is 4.79 Å². The Morgan fingerprint density at radius 1 is 0.960 bits per heavy atom. The Morgan fingerprint density at radius 3 is 2.20 bits per heavy atom. The van der Waals surface area contributed by atoms with Gasteiger partial charge in [0.15, 0.2) is 6.10 Å². The predicted octanol–water partition coefficient (Wildman–Crippen LogP) is 5.04. The molecule has 2 atom stereocenters. The van der Waals surface area contributed by atoms with Crippen molar-refractivity contribution in [3.63, 3.8) is 0 Å². The van der Waals surface area contributed by atoms with E-state index in [0.29, 0.717) is 6.42 Å². The van der Waals surface area contributed by atoms with Crippen molar-refractivity contribution in [2.24, 2.45) is 0 Å². The second-order valence-electron chi connectivity index (χ2n) is 6.64. The van der Waals surface area contributed by atoms with E-state index < -0.39 is 6.10 Å². The quantitative estimate of drug-likeness (QED) is 0.768. The van der Waals surface area contributed by atoms with Crippen LogP contribution in [0.2, 0.25) is 0 Å². The fourth-order valence-corrected chi connectivity index (χ4v) is 2.77. The summed E-state index contributed by atoms with van der Waals surface area (Å²) in [5.74, 6) is 0.667. The molecule has 0 aliphatic heterocycles. The van der Waals surface area contributed by atoms with Crippen LogP contribution in [0.1, 0.15) is 55.0 Å². The molecule has 25 heavy (non-hydrogen) atoms. The van der Waals surface area contributed by atoms with Gasteiger partial charge in [0.05, 0.1) is 6.04 Å². The maximum absolute atomic E-state index is 12.7. The van der Waals surface area contributed by atoms with E-state index in [-0.39, 0.29) is 11.9 Å². The number of benzene rings is 2. The largest absolute Gasteiger partial charge is 0.481 e. The average Bonchev–Trinajstić information content (AvgIpc) is 2.61. The molecule has 0 radical (unpaired) electrons. The van der Waals surface area contributed by atoms with E-state index in [1.165, 1.54) is 16.7 Å². The smallest absolute Gasteiger partial charge is 0.261 e. The number of hydrogen-bond acceptors (Lipinski definition) is 2. The third kappa shape index (κ3) is 5.09. The van der Waals surface area contributed by atoms with Crippen molar-refractivity contribution in [1.82, 2.24) is 5.32 Å². The van der Waals surface area contributed by atoms with Crippen molar-refractivity contribution in [3.8, 4) is 5.75 Å². The topological polar surface area (TPSA) is 38.3 Å². The van der Waals surface area contributed by atoms with Crippen LogP contribution < -0.4 is 10.1 Å². The van der Waals surface area contributed by atoms with Crippen molar-refractivity contribution in [3.05, 3.63) is 64.7 Å². The van der Waals surface area contributed by atoms with E-state index in [9.17, 15) is 4.79 Å². The van der Waals surface area contributed by atoms with Gasteiger partial charge in [0.2, 0.25) is 0 Å². The van der Waals surface area contributed by atoms with E-state index in [4.69, 9.17) is 4.74 Å². The Bertz CT molecular complexity index is 706. The van der Waals surface area contributed by atoms with E-state index >= 15 is 0 Å². The number of carbonyl (C=O) groups excluding carboxylic acids is 1. The highest BCUT2D eigenvalue weighted by atomic mass is 16.5. The third-order valence-electron chi connectivity index (χ3n) is 4.62. The number of carbonyl (C=O) groups is 1. The molecule has 134 valence electrons. The maximum atomic E-state index is 12.7. The number of nitrogens with one attached hydrogen (secondary N) is 1. The molecule has 0 aliphatic carbocycles. The number of aryl methyl sites for hydroxylation is 3. The summed E-state index contributed by atoms with van der Waals surface area (Å²) in [5, 5.41) is 3.15. The summed E-state index contributed by atoms with van der Waals surface area (Å²) in [4.78, 5) is 12.7. The number of amides is 1. The molecule has 3 nitrogen and oxygen atoms in total. The molecule has 2 aromatic rings. The van der Waals surface area contributed by atoms with Crippen LogP contribution in [0.4, 0.5) is 0 Å². The zero-order valence-corrected chi connectivity index (χ0v) is 15.9. The zero-order chi connectivity index (χ0) is 18.4. The molecule has 0 fully saturated rings. The predicted molar refractivity (Wildman–Crippen MR) is 103 cm³/mol. The molecule has 2 rings (SSSR count). The van der Waals surface area contributed by atoms with Crippen LogP contribution in [-0.4, -0.2) is 12.0 Å². The Labute approximate surface area is 151 Å². The fourth-order valence-electron chi connectivity index (χ4n) is 2.77. The molecule has 2 aromatic carbocycles. The minimum absolute atomic E-state index is 0.00229. The minimum Gasteiger partial charge on any atom is -0.481 e. The van der Waals surface area contributed by atoms with Gasteiger partial charge in [-0.25, -0.2) is 0 Å². The van der Waals surface area contributed by atoms with Crippen LogP contribution in [-0.2, 0) is 4.79 Å². The van der Waals surface area contributed by atoms with Gasteiger partial charge in [-0.2, -0.15) is 0 Å². The van der Waals surface area contributed by atoms with Gasteiger partial charge in [-0.15, -0.1) is 0 Å². The van der Waals surface area contributed by atoms with Crippen LogP contribution in [0.15, 0.2) is 42.5 Å². The van der Waals surface area contributed by atoms with Crippen molar-refractivity contribution in [2.45, 2.75) is 59.6 Å². The van der Waals surface area contributed by atoms with Gasteiger partial charge >= 0.3 is 0 Å². The summed E-state index contributed by atoms with van der Waals surface area (Å²) < 4.78 is 5.89.